The summed E-state index contributed by atoms with van der Waals surface area (Å²) in [6.07, 6.45) is 2.22. The lowest BCUT2D eigenvalue weighted by Gasteiger charge is -2.16. The van der Waals surface area contributed by atoms with Crippen molar-refractivity contribution >= 4 is 11.5 Å². The number of hydrogen-bond acceptors (Lipinski definition) is 4. The van der Waals surface area contributed by atoms with Crippen LogP contribution in [0.5, 0.6) is 5.75 Å². The number of rotatable bonds is 4. The minimum absolute atomic E-state index is 0. The Morgan fingerprint density at radius 1 is 1.43 bits per heavy atom. The molecule has 2 aliphatic rings. The second kappa shape index (κ2) is 5.22. The number of fused-ring (bicyclic) bond motifs is 1. The lowest BCUT2D eigenvalue weighted by molar-refractivity contribution is -0.380. The lowest BCUT2D eigenvalue weighted by Crippen LogP contribution is -2.56. The molecule has 1 aromatic rings. The highest BCUT2D eigenvalue weighted by molar-refractivity contribution is 5.85. The van der Waals surface area contributed by atoms with Crippen LogP contribution in [0.1, 0.15) is 50.7 Å². The molecule has 1 aliphatic carbocycles. The summed E-state index contributed by atoms with van der Waals surface area (Å²) >= 11 is 0. The van der Waals surface area contributed by atoms with Gasteiger partial charge in [0.15, 0.2) is 0 Å². The summed E-state index contributed by atoms with van der Waals surface area (Å²) in [6, 6.07) is 3.84. The predicted octanol–water partition coefficient (Wildman–Crippen LogP) is 1.78. The fourth-order valence-corrected chi connectivity index (χ4v) is 3.22. The molecule has 0 amide bonds. The van der Waals surface area contributed by atoms with Crippen LogP contribution in [0.2, 0.25) is 0 Å². The van der Waals surface area contributed by atoms with E-state index in [2.05, 4.69) is 0 Å². The molecule has 1 heterocycles. The Hall–Kier alpha value is -1.75. The van der Waals surface area contributed by atoms with E-state index >= 15 is 0 Å². The van der Waals surface area contributed by atoms with Gasteiger partial charge in [-0.2, -0.15) is 0 Å². The molecule has 2 N–H and O–H groups in total. The molecule has 0 spiro atoms. The fraction of sp³-hybridized carbons (Fsp3) is 0.562. The molecule has 114 valence electrons. The first-order valence-electron chi connectivity index (χ1n) is 7.22. The van der Waals surface area contributed by atoms with Crippen LogP contribution < -0.4 is 9.91 Å². The summed E-state index contributed by atoms with van der Waals surface area (Å²) < 4.78 is 5.92. The quantitative estimate of drug-likeness (QED) is 0.916. The van der Waals surface area contributed by atoms with E-state index in [-0.39, 0.29) is 28.7 Å². The summed E-state index contributed by atoms with van der Waals surface area (Å²) in [5.74, 6) is 1.41. The summed E-state index contributed by atoms with van der Waals surface area (Å²) in [5.41, 5.74) is 2.38. The second-order valence-electron chi connectivity index (χ2n) is 6.46. The van der Waals surface area contributed by atoms with Crippen LogP contribution in [0.15, 0.2) is 12.1 Å². The van der Waals surface area contributed by atoms with Crippen molar-refractivity contribution in [3.05, 3.63) is 28.2 Å². The van der Waals surface area contributed by atoms with Gasteiger partial charge in [0, 0.05) is 52.0 Å². The van der Waals surface area contributed by atoms with Crippen LogP contribution in [0, 0.1) is 10.8 Å². The molecule has 0 aromatic heterocycles. The van der Waals surface area contributed by atoms with Crippen LogP contribution in [-0.2, 0) is 11.2 Å². The van der Waals surface area contributed by atoms with Gasteiger partial charge in [-0.05, 0) is 26.3 Å². The number of ether oxygens (including phenoxy) is 1. The SMILES string of the molecule is CCC(=O)C1CC1c1cc2c(cc1[NH+]=O)CC(C)(C)O2.[OH-]. The minimum atomic E-state index is -0.219. The molecule has 5 nitrogen and oxygen atoms in total. The third-order valence-electron chi connectivity index (χ3n) is 4.30. The van der Waals surface area contributed by atoms with E-state index in [1.807, 2.05) is 38.1 Å². The summed E-state index contributed by atoms with van der Waals surface area (Å²) in [6.45, 7) is 5.97. The molecule has 0 radical (unpaired) electrons. The monoisotopic (exact) mass is 291 g/mol. The second-order valence-corrected chi connectivity index (χ2v) is 6.46. The zero-order valence-electron chi connectivity index (χ0n) is 12.6. The van der Waals surface area contributed by atoms with Crippen molar-refractivity contribution in [2.24, 2.45) is 5.92 Å². The van der Waals surface area contributed by atoms with Crippen molar-refractivity contribution in [1.82, 2.24) is 0 Å². The minimum Gasteiger partial charge on any atom is -0.870 e. The standard InChI is InChI=1S/C16H19NO3.H2O/c1-4-14(18)12-6-10(12)11-7-15-9(5-13(11)17-19)8-16(2,3)20-15;/h5,7,10,12H,4,6,8H2,1-3H3;1H2. The molecule has 2 atom stereocenters. The van der Waals surface area contributed by atoms with Crippen LogP contribution in [0.4, 0.5) is 5.69 Å². The number of carbonyl (C=O) groups excluding carboxylic acids is 1. The van der Waals surface area contributed by atoms with Crippen LogP contribution in [0.25, 0.3) is 0 Å². The molecular weight excluding hydrogens is 270 g/mol. The van der Waals surface area contributed by atoms with Gasteiger partial charge >= 0.3 is 0 Å². The number of carbonyl (C=O) groups is 1. The molecule has 21 heavy (non-hydrogen) atoms. The fourth-order valence-electron chi connectivity index (χ4n) is 3.22. The molecule has 1 aliphatic heterocycles. The molecule has 0 saturated heterocycles. The van der Waals surface area contributed by atoms with Gasteiger partial charge in [-0.25, -0.2) is 0 Å². The number of benzene rings is 1. The molecule has 1 fully saturated rings. The van der Waals surface area contributed by atoms with E-state index in [0.29, 0.717) is 12.1 Å². The van der Waals surface area contributed by atoms with E-state index in [1.165, 1.54) is 0 Å². The Kier molecular flexibility index (Phi) is 3.89. The van der Waals surface area contributed by atoms with Gasteiger partial charge in [0.05, 0.1) is 0 Å². The zero-order chi connectivity index (χ0) is 14.5. The molecule has 0 bridgehead atoms. The highest BCUT2D eigenvalue weighted by Crippen LogP contribution is 2.52. The van der Waals surface area contributed by atoms with E-state index in [0.717, 1.165) is 29.7 Å². The average Bonchev–Trinajstić information content (AvgIpc) is 3.13. The first-order chi connectivity index (χ1) is 9.45. The number of nitrogens with one attached hydrogen (secondary N) is 1. The van der Waals surface area contributed by atoms with E-state index in [4.69, 9.17) is 4.74 Å². The van der Waals surface area contributed by atoms with Gasteiger partial charge in [0.1, 0.15) is 17.1 Å². The first-order valence-corrected chi connectivity index (χ1v) is 7.22. The number of nitroso groups, excluding NO2 is 1. The van der Waals surface area contributed by atoms with Crippen molar-refractivity contribution in [2.45, 2.75) is 51.6 Å². The summed E-state index contributed by atoms with van der Waals surface area (Å²) in [4.78, 5) is 23.0. The maximum absolute atomic E-state index is 11.8. The summed E-state index contributed by atoms with van der Waals surface area (Å²) in [7, 11) is 0. The average molecular weight is 291 g/mol. The van der Waals surface area contributed by atoms with Crippen LogP contribution in [0.3, 0.4) is 0 Å². The van der Waals surface area contributed by atoms with Gasteiger partial charge in [-0.1, -0.05) is 6.92 Å². The van der Waals surface area contributed by atoms with Crippen molar-refractivity contribution in [1.29, 1.82) is 0 Å². The van der Waals surface area contributed by atoms with E-state index in [9.17, 15) is 9.70 Å². The highest BCUT2D eigenvalue weighted by atomic mass is 16.5. The van der Waals surface area contributed by atoms with Gasteiger partial charge in [0.25, 0.3) is 5.69 Å². The molecular formula is C16H21NO4. The Morgan fingerprint density at radius 2 is 2.14 bits per heavy atom. The third kappa shape index (κ3) is 2.70. The van der Waals surface area contributed by atoms with Crippen LogP contribution >= 0.6 is 0 Å². The van der Waals surface area contributed by atoms with Crippen molar-refractivity contribution < 1.29 is 20.2 Å². The molecule has 5 heteroatoms. The van der Waals surface area contributed by atoms with Crippen molar-refractivity contribution in [2.75, 3.05) is 0 Å². The maximum Gasteiger partial charge on any atom is 0.257 e. The van der Waals surface area contributed by atoms with Gasteiger partial charge in [-0.3, -0.25) is 4.79 Å². The summed E-state index contributed by atoms with van der Waals surface area (Å²) in [5, 5.41) is 2.03. The Morgan fingerprint density at radius 3 is 2.76 bits per heavy atom. The maximum atomic E-state index is 11.8. The topological polar surface area (TPSA) is 87.3 Å². The Balaban J connectivity index is 0.00000161. The Bertz CT molecular complexity index is 594. The van der Waals surface area contributed by atoms with Crippen molar-refractivity contribution in [3.8, 4) is 5.75 Å². The normalized spacial score (nSPS) is 24.5. The third-order valence-corrected chi connectivity index (χ3v) is 4.30. The molecule has 1 saturated carbocycles. The van der Waals surface area contributed by atoms with Crippen LogP contribution in [-0.4, -0.2) is 16.9 Å². The van der Waals surface area contributed by atoms with E-state index in [1.54, 1.807) is 0 Å². The predicted molar refractivity (Wildman–Crippen MR) is 76.9 cm³/mol. The smallest absolute Gasteiger partial charge is 0.257 e. The number of hydrogen-bond donors (Lipinski definition) is 1. The number of ketones is 1. The Labute approximate surface area is 124 Å². The van der Waals surface area contributed by atoms with Gasteiger partial charge in [0.2, 0.25) is 0 Å². The zero-order valence-corrected chi connectivity index (χ0v) is 12.6. The number of Topliss-reactive ketones (excluding diaryl/α,β-unsaturated/α-hetero) is 1. The van der Waals surface area contributed by atoms with E-state index < -0.39 is 0 Å². The first kappa shape index (κ1) is 15.6. The molecule has 1 aromatic carbocycles. The molecule has 3 rings (SSSR count). The van der Waals surface area contributed by atoms with Gasteiger partial charge < -0.3 is 10.2 Å². The van der Waals surface area contributed by atoms with Gasteiger partial charge in [-0.15, -0.1) is 0 Å². The van der Waals surface area contributed by atoms with Crippen molar-refractivity contribution in [3.63, 3.8) is 0 Å². The molecule has 2 unspecified atom stereocenters. The lowest BCUT2D eigenvalue weighted by atomic mass is 9.98. The highest BCUT2D eigenvalue weighted by Gasteiger charge is 2.46. The largest absolute Gasteiger partial charge is 0.870 e.